The first-order chi connectivity index (χ1) is 17.5. The molecule has 0 spiro atoms. The molecule has 1 unspecified atom stereocenters. The summed E-state index contributed by atoms with van der Waals surface area (Å²) in [5.41, 5.74) is 4.24. The van der Waals surface area contributed by atoms with E-state index < -0.39 is 6.04 Å². The van der Waals surface area contributed by atoms with Crippen LogP contribution in [0.5, 0.6) is 0 Å². The number of carbonyl (C=O) groups excluding carboxylic acids is 2. The molecule has 0 aliphatic carbocycles. The number of rotatable bonds is 7. The summed E-state index contributed by atoms with van der Waals surface area (Å²) in [7, 11) is 0. The van der Waals surface area contributed by atoms with Crippen molar-refractivity contribution in [2.45, 2.75) is 25.9 Å². The van der Waals surface area contributed by atoms with E-state index in [9.17, 15) is 9.59 Å². The van der Waals surface area contributed by atoms with Crippen molar-refractivity contribution in [2.75, 3.05) is 5.32 Å². The van der Waals surface area contributed by atoms with E-state index in [2.05, 4.69) is 34.3 Å². The third-order valence-corrected chi connectivity index (χ3v) is 6.72. The largest absolute Gasteiger partial charge is 0.345 e. The van der Waals surface area contributed by atoms with Gasteiger partial charge in [-0.2, -0.15) is 0 Å². The smallest absolute Gasteiger partial charge is 0.253 e. The van der Waals surface area contributed by atoms with Crippen LogP contribution in [0.15, 0.2) is 97.1 Å². The lowest BCUT2D eigenvalue weighted by Gasteiger charge is -2.19. The minimum absolute atomic E-state index is 0.0783. The van der Waals surface area contributed by atoms with Gasteiger partial charge in [-0.15, -0.1) is 0 Å². The number of hydrogen-bond acceptors (Lipinski definition) is 2. The van der Waals surface area contributed by atoms with Crippen LogP contribution in [0.3, 0.4) is 0 Å². The minimum Gasteiger partial charge on any atom is -0.345 e. The summed E-state index contributed by atoms with van der Waals surface area (Å²) in [6.07, 6.45) is 0.0783. The van der Waals surface area contributed by atoms with E-state index in [1.165, 1.54) is 5.52 Å². The molecule has 0 aliphatic heterocycles. The van der Waals surface area contributed by atoms with Gasteiger partial charge < -0.3 is 15.2 Å². The van der Waals surface area contributed by atoms with Gasteiger partial charge in [0, 0.05) is 34.0 Å². The molecule has 2 amide bonds. The molecule has 5 aromatic rings. The summed E-state index contributed by atoms with van der Waals surface area (Å²) in [6.45, 7) is 2.99. The number of carbonyl (C=O) groups is 2. The molecule has 1 atom stereocenters. The standard InChI is InChI=1S/C30H26ClN3O2/c1-2-34-27-15-9-7-12-22(27)24-18-21(16-17-28(24)34)32-29(35)19-26(20-10-4-3-5-11-20)33-30(36)23-13-6-8-14-25(23)31/h3-18,26H,2,19H2,1H3,(H,32,35)(H,33,36). The average Bonchev–Trinajstić information content (AvgIpc) is 3.22. The van der Waals surface area contributed by atoms with Crippen LogP contribution >= 0.6 is 11.6 Å². The molecule has 180 valence electrons. The third-order valence-electron chi connectivity index (χ3n) is 6.39. The van der Waals surface area contributed by atoms with Crippen molar-refractivity contribution in [3.63, 3.8) is 0 Å². The molecule has 6 heteroatoms. The number of nitrogens with zero attached hydrogens (tertiary/aromatic N) is 1. The van der Waals surface area contributed by atoms with Crippen LogP contribution in [0.2, 0.25) is 5.02 Å². The fourth-order valence-electron chi connectivity index (χ4n) is 4.69. The van der Waals surface area contributed by atoms with Crippen LogP contribution in [-0.2, 0) is 11.3 Å². The molecule has 1 aromatic heterocycles. The van der Waals surface area contributed by atoms with Gasteiger partial charge >= 0.3 is 0 Å². The van der Waals surface area contributed by atoms with Crippen molar-refractivity contribution >= 4 is 50.9 Å². The zero-order chi connectivity index (χ0) is 25.1. The van der Waals surface area contributed by atoms with Gasteiger partial charge in [0.15, 0.2) is 0 Å². The molecular formula is C30H26ClN3O2. The molecule has 0 saturated heterocycles. The van der Waals surface area contributed by atoms with E-state index in [0.29, 0.717) is 10.6 Å². The summed E-state index contributed by atoms with van der Waals surface area (Å²) in [4.78, 5) is 26.1. The maximum atomic E-state index is 13.1. The van der Waals surface area contributed by atoms with Crippen molar-refractivity contribution in [2.24, 2.45) is 0 Å². The van der Waals surface area contributed by atoms with Gasteiger partial charge in [-0.1, -0.05) is 72.3 Å². The number of hydrogen-bond donors (Lipinski definition) is 2. The quantitative estimate of drug-likeness (QED) is 0.256. The lowest BCUT2D eigenvalue weighted by Crippen LogP contribution is -2.31. The van der Waals surface area contributed by atoms with Gasteiger partial charge in [-0.25, -0.2) is 0 Å². The highest BCUT2D eigenvalue weighted by molar-refractivity contribution is 6.33. The molecule has 5 nitrogen and oxygen atoms in total. The van der Waals surface area contributed by atoms with Crippen molar-refractivity contribution in [1.29, 1.82) is 0 Å². The predicted octanol–water partition coefficient (Wildman–Crippen LogP) is 6.97. The Kier molecular flexibility index (Phi) is 6.74. The first kappa shape index (κ1) is 23.6. The van der Waals surface area contributed by atoms with Gasteiger partial charge in [0.2, 0.25) is 5.91 Å². The van der Waals surface area contributed by atoms with Crippen LogP contribution in [0.25, 0.3) is 21.8 Å². The summed E-state index contributed by atoms with van der Waals surface area (Å²) < 4.78 is 2.27. The number of para-hydroxylation sites is 1. The summed E-state index contributed by atoms with van der Waals surface area (Å²) in [6, 6.07) is 30.1. The molecule has 4 aromatic carbocycles. The van der Waals surface area contributed by atoms with Crippen molar-refractivity contribution in [3.05, 3.63) is 113 Å². The number of fused-ring (bicyclic) bond motifs is 3. The second-order valence-electron chi connectivity index (χ2n) is 8.66. The highest BCUT2D eigenvalue weighted by Gasteiger charge is 2.21. The van der Waals surface area contributed by atoms with Crippen LogP contribution in [0.1, 0.15) is 35.3 Å². The zero-order valence-corrected chi connectivity index (χ0v) is 20.6. The average molecular weight is 496 g/mol. The SMILES string of the molecule is CCn1c2ccccc2c2cc(NC(=O)CC(NC(=O)c3ccccc3Cl)c3ccccc3)ccc21. The van der Waals surface area contributed by atoms with Gasteiger partial charge in [-0.3, -0.25) is 9.59 Å². The van der Waals surface area contributed by atoms with Crippen molar-refractivity contribution in [1.82, 2.24) is 9.88 Å². The molecule has 0 fully saturated rings. The molecule has 2 N–H and O–H groups in total. The Balaban J connectivity index is 1.39. The fourth-order valence-corrected chi connectivity index (χ4v) is 4.91. The number of nitrogens with one attached hydrogen (secondary N) is 2. The van der Waals surface area contributed by atoms with E-state index in [4.69, 9.17) is 11.6 Å². The Morgan fingerprint density at radius 3 is 2.31 bits per heavy atom. The van der Waals surface area contributed by atoms with Gasteiger partial charge in [0.25, 0.3) is 5.91 Å². The van der Waals surface area contributed by atoms with Crippen molar-refractivity contribution < 1.29 is 9.59 Å². The number of aromatic nitrogens is 1. The van der Waals surface area contributed by atoms with Crippen LogP contribution in [0, 0.1) is 0 Å². The van der Waals surface area contributed by atoms with E-state index in [1.807, 2.05) is 60.7 Å². The highest BCUT2D eigenvalue weighted by Crippen LogP contribution is 2.31. The normalized spacial score (nSPS) is 11.9. The molecule has 1 heterocycles. The van der Waals surface area contributed by atoms with Crippen LogP contribution < -0.4 is 10.6 Å². The third kappa shape index (κ3) is 4.70. The number of anilines is 1. The number of benzene rings is 4. The Morgan fingerprint density at radius 2 is 1.53 bits per heavy atom. The first-order valence-corrected chi connectivity index (χ1v) is 12.3. The monoisotopic (exact) mass is 495 g/mol. The fraction of sp³-hybridized carbons (Fsp3) is 0.133. The van der Waals surface area contributed by atoms with Gasteiger partial charge in [0.1, 0.15) is 0 Å². The molecule has 0 aliphatic rings. The Bertz CT molecular complexity index is 1560. The Labute approximate surface area is 214 Å². The van der Waals surface area contributed by atoms with Crippen LogP contribution in [-0.4, -0.2) is 16.4 Å². The van der Waals surface area contributed by atoms with E-state index >= 15 is 0 Å². The van der Waals surface area contributed by atoms with E-state index in [0.717, 1.165) is 34.1 Å². The molecule has 0 bridgehead atoms. The van der Waals surface area contributed by atoms with Gasteiger partial charge in [0.05, 0.1) is 23.0 Å². The van der Waals surface area contributed by atoms with Gasteiger partial charge in [-0.05, 0) is 48.9 Å². The first-order valence-electron chi connectivity index (χ1n) is 12.0. The molecule has 36 heavy (non-hydrogen) atoms. The number of aryl methyl sites for hydroxylation is 1. The van der Waals surface area contributed by atoms with E-state index in [1.54, 1.807) is 24.3 Å². The second kappa shape index (κ2) is 10.3. The molecule has 5 rings (SSSR count). The lowest BCUT2D eigenvalue weighted by atomic mass is 10.0. The molecule has 0 radical (unpaired) electrons. The van der Waals surface area contributed by atoms with E-state index in [-0.39, 0.29) is 18.2 Å². The molecule has 0 saturated carbocycles. The topological polar surface area (TPSA) is 63.1 Å². The Hall–Kier alpha value is -4.09. The maximum Gasteiger partial charge on any atom is 0.253 e. The lowest BCUT2D eigenvalue weighted by molar-refractivity contribution is -0.116. The summed E-state index contributed by atoms with van der Waals surface area (Å²) >= 11 is 6.22. The zero-order valence-electron chi connectivity index (χ0n) is 19.9. The molecular weight excluding hydrogens is 470 g/mol. The number of halogens is 1. The number of amides is 2. The maximum absolute atomic E-state index is 13.1. The van der Waals surface area contributed by atoms with Crippen LogP contribution in [0.4, 0.5) is 5.69 Å². The highest BCUT2D eigenvalue weighted by atomic mass is 35.5. The minimum atomic E-state index is -0.513. The summed E-state index contributed by atoms with van der Waals surface area (Å²) in [5, 5.41) is 8.62. The predicted molar refractivity (Wildman–Crippen MR) is 146 cm³/mol. The van der Waals surface area contributed by atoms with Crippen molar-refractivity contribution in [3.8, 4) is 0 Å². The Morgan fingerprint density at radius 1 is 0.833 bits per heavy atom. The second-order valence-corrected chi connectivity index (χ2v) is 9.07. The summed E-state index contributed by atoms with van der Waals surface area (Å²) in [5.74, 6) is -0.516.